The molecule has 0 aromatic carbocycles. The molecular weight excluding hydrogens is 362 g/mol. The fraction of sp³-hybridized carbons (Fsp3) is 0.318. The number of hydrogen-bond acceptors (Lipinski definition) is 5. The number of allylic oxidation sites excluding steroid dienone is 6. The van der Waals surface area contributed by atoms with Gasteiger partial charge in [-0.1, -0.05) is 13.8 Å². The van der Waals surface area contributed by atoms with Crippen molar-refractivity contribution in [2.24, 2.45) is 27.4 Å². The van der Waals surface area contributed by atoms with E-state index in [1.807, 2.05) is 59.0 Å². The summed E-state index contributed by atoms with van der Waals surface area (Å²) >= 11 is 0. The molecule has 7 nitrogen and oxygen atoms in total. The van der Waals surface area contributed by atoms with Crippen LogP contribution in [0.4, 0.5) is 0 Å². The van der Waals surface area contributed by atoms with Crippen LogP contribution in [-0.2, 0) is 0 Å². The molecule has 154 valence electrons. The molecule has 0 saturated carbocycles. The van der Waals surface area contributed by atoms with Gasteiger partial charge in [-0.2, -0.15) is 0 Å². The van der Waals surface area contributed by atoms with E-state index in [1.165, 1.54) is 0 Å². The second kappa shape index (κ2) is 9.23. The predicted octanol–water partition coefficient (Wildman–Crippen LogP) is 1.17. The fourth-order valence-corrected chi connectivity index (χ4v) is 2.55. The first-order chi connectivity index (χ1) is 13.6. The molecule has 7 heteroatoms. The number of fused-ring (bicyclic) bond motifs is 1. The average Bonchev–Trinajstić information content (AvgIpc) is 2.65. The van der Waals surface area contributed by atoms with Gasteiger partial charge in [0.05, 0.1) is 16.9 Å². The van der Waals surface area contributed by atoms with Gasteiger partial charge in [-0.15, -0.1) is 0 Å². The van der Waals surface area contributed by atoms with Crippen molar-refractivity contribution in [3.8, 4) is 0 Å². The Kier molecular flexibility index (Phi) is 6.98. The van der Waals surface area contributed by atoms with E-state index < -0.39 is 0 Å². The number of nitrogens with two attached hydrogens (primary N) is 3. The normalized spacial score (nSPS) is 18.3. The molecule has 0 saturated heterocycles. The SMILES string of the molecule is CC(C)C(C=[NH2+])=CC(N)=NC1=CC=C2NC=C(C(C=NC(C)(C)C)=CN)C=C2N1. The van der Waals surface area contributed by atoms with Crippen LogP contribution in [-0.4, -0.2) is 23.8 Å². The monoisotopic (exact) mass is 394 g/mol. The van der Waals surface area contributed by atoms with Crippen LogP contribution in [0.3, 0.4) is 0 Å². The summed E-state index contributed by atoms with van der Waals surface area (Å²) in [4.78, 5) is 8.99. The highest BCUT2D eigenvalue weighted by atomic mass is 15.1. The fourth-order valence-electron chi connectivity index (χ4n) is 2.55. The minimum Gasteiger partial charge on any atom is -0.404 e. The number of amidine groups is 1. The Morgan fingerprint density at radius 2 is 1.93 bits per heavy atom. The Balaban J connectivity index is 2.22. The molecule has 0 atom stereocenters. The summed E-state index contributed by atoms with van der Waals surface area (Å²) in [5.74, 6) is 1.28. The van der Waals surface area contributed by atoms with Crippen molar-refractivity contribution in [3.63, 3.8) is 0 Å². The molecule has 0 aromatic rings. The van der Waals surface area contributed by atoms with Crippen molar-refractivity contribution in [2.75, 3.05) is 0 Å². The van der Waals surface area contributed by atoms with Gasteiger partial charge in [-0.05, 0) is 51.0 Å². The number of nitrogens with one attached hydrogen (secondary N) is 2. The lowest BCUT2D eigenvalue weighted by Crippen LogP contribution is -2.32. The van der Waals surface area contributed by atoms with Crippen molar-refractivity contribution in [1.29, 1.82) is 0 Å². The molecule has 0 fully saturated rings. The quantitative estimate of drug-likeness (QED) is 0.342. The molecule has 2 heterocycles. The van der Waals surface area contributed by atoms with Gasteiger partial charge in [0.25, 0.3) is 0 Å². The molecule has 29 heavy (non-hydrogen) atoms. The third-order valence-corrected chi connectivity index (χ3v) is 4.17. The zero-order valence-electron chi connectivity index (χ0n) is 17.8. The number of nitrogens with zero attached hydrogens (tertiary/aromatic N) is 2. The van der Waals surface area contributed by atoms with E-state index >= 15 is 0 Å². The van der Waals surface area contributed by atoms with Crippen LogP contribution in [0.25, 0.3) is 0 Å². The third-order valence-electron chi connectivity index (χ3n) is 4.17. The maximum Gasteiger partial charge on any atom is 0.163 e. The van der Waals surface area contributed by atoms with E-state index in [0.29, 0.717) is 11.7 Å². The summed E-state index contributed by atoms with van der Waals surface area (Å²) in [6.45, 7) is 10.2. The first kappa shape index (κ1) is 21.9. The highest BCUT2D eigenvalue weighted by Gasteiger charge is 2.17. The first-order valence-electron chi connectivity index (χ1n) is 9.59. The van der Waals surface area contributed by atoms with Gasteiger partial charge in [0, 0.05) is 35.3 Å². The molecule has 8 N–H and O–H groups in total. The van der Waals surface area contributed by atoms with E-state index in [2.05, 4.69) is 20.6 Å². The van der Waals surface area contributed by atoms with Crippen molar-refractivity contribution in [1.82, 2.24) is 10.6 Å². The smallest absolute Gasteiger partial charge is 0.163 e. The molecule has 2 rings (SSSR count). The van der Waals surface area contributed by atoms with E-state index in [1.54, 1.807) is 24.7 Å². The number of aliphatic imine (C=N–C) groups is 2. The van der Waals surface area contributed by atoms with Gasteiger partial charge in [0.15, 0.2) is 6.21 Å². The molecule has 0 unspecified atom stereocenters. The first-order valence-corrected chi connectivity index (χ1v) is 9.59. The lowest BCUT2D eigenvalue weighted by atomic mass is 10.0. The second-order valence-corrected chi connectivity index (χ2v) is 8.11. The van der Waals surface area contributed by atoms with Crippen LogP contribution in [0.5, 0.6) is 0 Å². The molecule has 0 aliphatic carbocycles. The summed E-state index contributed by atoms with van der Waals surface area (Å²) in [6, 6.07) is 0. The Bertz CT molecular complexity index is 898. The molecule has 0 amide bonds. The zero-order chi connectivity index (χ0) is 21.6. The van der Waals surface area contributed by atoms with Gasteiger partial charge in [0.2, 0.25) is 0 Å². The Morgan fingerprint density at radius 3 is 2.52 bits per heavy atom. The molecule has 0 spiro atoms. The van der Waals surface area contributed by atoms with Crippen molar-refractivity contribution < 1.29 is 5.41 Å². The lowest BCUT2D eigenvalue weighted by molar-refractivity contribution is -0.105. The summed E-state index contributed by atoms with van der Waals surface area (Å²) in [5, 5.41) is 12.2. The number of rotatable bonds is 6. The molecule has 0 bridgehead atoms. The highest BCUT2D eigenvalue weighted by Crippen LogP contribution is 2.23. The van der Waals surface area contributed by atoms with Crippen LogP contribution in [0.2, 0.25) is 0 Å². The highest BCUT2D eigenvalue weighted by molar-refractivity contribution is 5.97. The Labute approximate surface area is 173 Å². The van der Waals surface area contributed by atoms with Gasteiger partial charge in [0.1, 0.15) is 11.7 Å². The molecule has 0 aromatic heterocycles. The molecule has 0 radical (unpaired) electrons. The standard InChI is InChI=1S/C22H31N7/c1-14(2)15(10-23)9-20(25)29-21-7-6-18-19(28-21)8-16(12-26-18)17(11-24)13-27-22(3,4)5/h6-14,23,26,28H,24H2,1-5H3,(H2,25,29)/p+1. The van der Waals surface area contributed by atoms with E-state index in [0.717, 1.165) is 28.1 Å². The van der Waals surface area contributed by atoms with Gasteiger partial charge in [-0.25, -0.2) is 4.99 Å². The van der Waals surface area contributed by atoms with E-state index in [-0.39, 0.29) is 11.5 Å². The Morgan fingerprint density at radius 1 is 1.21 bits per heavy atom. The second-order valence-electron chi connectivity index (χ2n) is 8.11. The average molecular weight is 395 g/mol. The number of hydrogen-bond donors (Lipinski definition) is 5. The summed E-state index contributed by atoms with van der Waals surface area (Å²) in [6.07, 6.45) is 14.4. The summed E-state index contributed by atoms with van der Waals surface area (Å²) in [5.41, 5.74) is 16.2. The maximum absolute atomic E-state index is 6.07. The summed E-state index contributed by atoms with van der Waals surface area (Å²) in [7, 11) is 0. The topological polar surface area (TPSA) is 126 Å². The van der Waals surface area contributed by atoms with Gasteiger partial charge >= 0.3 is 0 Å². The van der Waals surface area contributed by atoms with Crippen LogP contribution in [0, 0.1) is 5.92 Å². The zero-order valence-corrected chi connectivity index (χ0v) is 17.8. The minimum atomic E-state index is -0.177. The van der Waals surface area contributed by atoms with Gasteiger partial charge in [-0.3, -0.25) is 10.4 Å². The van der Waals surface area contributed by atoms with E-state index in [4.69, 9.17) is 16.9 Å². The Hall–Kier alpha value is -3.35. The van der Waals surface area contributed by atoms with Gasteiger partial charge < -0.3 is 22.1 Å². The molecule has 2 aliphatic heterocycles. The lowest BCUT2D eigenvalue weighted by Gasteiger charge is -2.23. The third kappa shape index (κ3) is 6.34. The predicted molar refractivity (Wildman–Crippen MR) is 122 cm³/mol. The van der Waals surface area contributed by atoms with E-state index in [9.17, 15) is 0 Å². The number of dihydropyridines is 2. The van der Waals surface area contributed by atoms with Crippen molar-refractivity contribution in [3.05, 3.63) is 70.6 Å². The molecular formula is C22H32N7+. The summed E-state index contributed by atoms with van der Waals surface area (Å²) < 4.78 is 0. The minimum absolute atomic E-state index is 0.177. The van der Waals surface area contributed by atoms with Crippen molar-refractivity contribution in [2.45, 2.75) is 40.2 Å². The molecule has 2 aliphatic rings. The van der Waals surface area contributed by atoms with Crippen LogP contribution >= 0.6 is 0 Å². The van der Waals surface area contributed by atoms with Crippen molar-refractivity contribution >= 4 is 18.3 Å². The largest absolute Gasteiger partial charge is 0.404 e. The van der Waals surface area contributed by atoms with Crippen LogP contribution < -0.4 is 27.5 Å². The van der Waals surface area contributed by atoms with Crippen LogP contribution in [0.15, 0.2) is 80.6 Å². The maximum atomic E-state index is 6.07. The van der Waals surface area contributed by atoms with Crippen LogP contribution in [0.1, 0.15) is 34.6 Å².